The summed E-state index contributed by atoms with van der Waals surface area (Å²) in [5, 5.41) is 10.7. The Balaban J connectivity index is 0. The van der Waals surface area contributed by atoms with Crippen molar-refractivity contribution < 1.29 is 9.84 Å². The molecule has 82 valence electrons. The molecule has 0 aliphatic carbocycles. The lowest BCUT2D eigenvalue weighted by Crippen LogP contribution is -2.09. The first-order valence-electron chi connectivity index (χ1n) is 5.22. The van der Waals surface area contributed by atoms with Gasteiger partial charge in [0.15, 0.2) is 0 Å². The molecule has 13 heavy (non-hydrogen) atoms. The smallest absolute Gasteiger partial charge is 0.0466 e. The normalized spacial score (nSPS) is 13.8. The lowest BCUT2D eigenvalue weighted by Gasteiger charge is -1.86. The largest absolute Gasteiger partial charge is 0.397 e. The maximum absolute atomic E-state index is 7.57. The van der Waals surface area contributed by atoms with E-state index in [0.29, 0.717) is 0 Å². The van der Waals surface area contributed by atoms with Gasteiger partial charge in [-0.1, -0.05) is 13.8 Å². The van der Waals surface area contributed by atoms with Gasteiger partial charge in [-0.3, -0.25) is 0 Å². The molecule has 0 unspecified atom stereocenters. The Bertz CT molecular complexity index is 56.3. The predicted molar refractivity (Wildman–Crippen MR) is 57.0 cm³/mol. The summed E-state index contributed by atoms with van der Waals surface area (Å²) < 4.78 is 4.94. The Morgan fingerprint density at radius 3 is 1.54 bits per heavy atom. The highest BCUT2D eigenvalue weighted by molar-refractivity contribution is 4.43. The van der Waals surface area contributed by atoms with Gasteiger partial charge >= 0.3 is 0 Å². The third-order valence-electron chi connectivity index (χ3n) is 1.33. The molecule has 1 heterocycles. The second kappa shape index (κ2) is 17.8. The molecule has 0 radical (unpaired) electrons. The van der Waals surface area contributed by atoms with Gasteiger partial charge < -0.3 is 15.2 Å². The topological polar surface area (TPSA) is 41.5 Å². The summed E-state index contributed by atoms with van der Waals surface area (Å²) in [7, 11) is 0. The Morgan fingerprint density at radius 1 is 1.08 bits per heavy atom. The zero-order valence-electron chi connectivity index (χ0n) is 9.31. The van der Waals surface area contributed by atoms with Crippen molar-refractivity contribution >= 4 is 0 Å². The lowest BCUT2D eigenvalue weighted by atomic mass is 10.4. The van der Waals surface area contributed by atoms with Crippen LogP contribution in [-0.2, 0) is 4.74 Å². The molecule has 1 rings (SSSR count). The summed E-state index contributed by atoms with van der Waals surface area (Å²) in [5.74, 6) is 0. The fraction of sp³-hybridized carbons (Fsp3) is 1.00. The second-order valence-corrected chi connectivity index (χ2v) is 2.59. The number of rotatable bonds is 2. The van der Waals surface area contributed by atoms with Crippen molar-refractivity contribution in [1.82, 2.24) is 5.32 Å². The summed E-state index contributed by atoms with van der Waals surface area (Å²) in [4.78, 5) is 0. The Morgan fingerprint density at radius 2 is 1.46 bits per heavy atom. The quantitative estimate of drug-likeness (QED) is 0.693. The molecule has 1 fully saturated rings. The average Bonchev–Trinajstić information content (AvgIpc) is 2.64. The van der Waals surface area contributed by atoms with E-state index in [1.807, 2.05) is 0 Å². The van der Waals surface area contributed by atoms with E-state index in [1.165, 1.54) is 12.8 Å². The molecule has 0 saturated carbocycles. The van der Waals surface area contributed by atoms with E-state index in [9.17, 15) is 0 Å². The fourth-order valence-corrected chi connectivity index (χ4v) is 0.760. The van der Waals surface area contributed by atoms with Crippen LogP contribution < -0.4 is 5.32 Å². The minimum absolute atomic E-state index is 0.250. The Hall–Kier alpha value is -0.120. The third-order valence-corrected chi connectivity index (χ3v) is 1.33. The molecule has 1 saturated heterocycles. The van der Waals surface area contributed by atoms with Gasteiger partial charge in [-0.15, -0.1) is 0 Å². The molecule has 3 nitrogen and oxygen atoms in total. The van der Waals surface area contributed by atoms with Crippen molar-refractivity contribution in [2.75, 3.05) is 32.9 Å². The van der Waals surface area contributed by atoms with Crippen LogP contribution in [0.15, 0.2) is 0 Å². The molecule has 3 heteroatoms. The maximum atomic E-state index is 7.57. The molecule has 0 spiro atoms. The summed E-state index contributed by atoms with van der Waals surface area (Å²) >= 11 is 0. The van der Waals surface area contributed by atoms with Gasteiger partial charge in [0.25, 0.3) is 0 Å². The van der Waals surface area contributed by atoms with Gasteiger partial charge in [-0.05, 0) is 32.9 Å². The molecule has 0 bridgehead atoms. The van der Waals surface area contributed by atoms with E-state index >= 15 is 0 Å². The number of aliphatic hydroxyl groups excluding tert-OH is 1. The van der Waals surface area contributed by atoms with E-state index in [-0.39, 0.29) is 6.61 Å². The number of nitrogens with one attached hydrogen (secondary N) is 1. The molecular formula is C10H25NO2. The highest BCUT2D eigenvalue weighted by atomic mass is 16.5. The number of ether oxygens (including phenoxy) is 1. The van der Waals surface area contributed by atoms with Gasteiger partial charge in [0.1, 0.15) is 0 Å². The van der Waals surface area contributed by atoms with E-state index in [0.717, 1.165) is 26.3 Å². The first kappa shape index (κ1) is 15.4. The van der Waals surface area contributed by atoms with Gasteiger partial charge in [0.05, 0.1) is 0 Å². The average molecular weight is 191 g/mol. The third kappa shape index (κ3) is 24.5. The zero-order chi connectivity index (χ0) is 10.4. The summed E-state index contributed by atoms with van der Waals surface area (Å²) in [6.45, 7) is 10.3. The fourth-order valence-electron chi connectivity index (χ4n) is 0.760. The highest BCUT2D eigenvalue weighted by Gasteiger charge is 1.94. The first-order chi connectivity index (χ1) is 6.33. The van der Waals surface area contributed by atoms with Gasteiger partial charge in [-0.2, -0.15) is 0 Å². The molecule has 0 aromatic rings. The predicted octanol–water partition coefficient (Wildman–Crippen LogP) is 1.41. The SMILES string of the molecule is C1CCOC1.CCNCC.CCO. The molecule has 2 N–H and O–H groups in total. The molecule has 0 amide bonds. The van der Waals surface area contributed by atoms with Gasteiger partial charge in [0, 0.05) is 19.8 Å². The molecule has 0 aromatic carbocycles. The summed E-state index contributed by atoms with van der Waals surface area (Å²) in [6, 6.07) is 0. The monoisotopic (exact) mass is 191 g/mol. The van der Waals surface area contributed by atoms with Crippen LogP contribution >= 0.6 is 0 Å². The molecule has 1 aliphatic rings. The second-order valence-electron chi connectivity index (χ2n) is 2.59. The summed E-state index contributed by atoms with van der Waals surface area (Å²) in [6.07, 6.45) is 2.56. The van der Waals surface area contributed by atoms with Crippen molar-refractivity contribution in [3.05, 3.63) is 0 Å². The highest BCUT2D eigenvalue weighted by Crippen LogP contribution is 1.98. The Kier molecular flexibility index (Phi) is 21.1. The zero-order valence-corrected chi connectivity index (χ0v) is 9.31. The van der Waals surface area contributed by atoms with E-state index in [1.54, 1.807) is 6.92 Å². The number of hydrogen-bond acceptors (Lipinski definition) is 3. The van der Waals surface area contributed by atoms with Crippen molar-refractivity contribution in [2.45, 2.75) is 33.6 Å². The molecular weight excluding hydrogens is 166 g/mol. The number of aliphatic hydroxyl groups is 1. The molecule has 0 aromatic heterocycles. The van der Waals surface area contributed by atoms with Crippen LogP contribution in [0.1, 0.15) is 33.6 Å². The van der Waals surface area contributed by atoms with Crippen LogP contribution in [-0.4, -0.2) is 38.0 Å². The van der Waals surface area contributed by atoms with Crippen molar-refractivity contribution in [3.8, 4) is 0 Å². The van der Waals surface area contributed by atoms with Gasteiger partial charge in [-0.25, -0.2) is 0 Å². The minimum Gasteiger partial charge on any atom is -0.397 e. The van der Waals surface area contributed by atoms with E-state index in [2.05, 4.69) is 19.2 Å². The van der Waals surface area contributed by atoms with Crippen LogP contribution in [0.5, 0.6) is 0 Å². The van der Waals surface area contributed by atoms with E-state index < -0.39 is 0 Å². The van der Waals surface area contributed by atoms with Crippen LogP contribution in [0, 0.1) is 0 Å². The van der Waals surface area contributed by atoms with Crippen LogP contribution in [0.25, 0.3) is 0 Å². The summed E-state index contributed by atoms with van der Waals surface area (Å²) in [5.41, 5.74) is 0. The van der Waals surface area contributed by atoms with Crippen molar-refractivity contribution in [1.29, 1.82) is 0 Å². The molecule has 1 aliphatic heterocycles. The van der Waals surface area contributed by atoms with Gasteiger partial charge in [0.2, 0.25) is 0 Å². The van der Waals surface area contributed by atoms with Crippen LogP contribution in [0.4, 0.5) is 0 Å². The van der Waals surface area contributed by atoms with Crippen molar-refractivity contribution in [3.63, 3.8) is 0 Å². The number of hydrogen-bond donors (Lipinski definition) is 2. The van der Waals surface area contributed by atoms with Crippen LogP contribution in [0.3, 0.4) is 0 Å². The lowest BCUT2D eigenvalue weighted by molar-refractivity contribution is 0.198. The van der Waals surface area contributed by atoms with Crippen LogP contribution in [0.2, 0.25) is 0 Å². The standard InChI is InChI=1S/C4H11N.C4H8O.C2H6O/c1-3-5-4-2;1-2-4-5-3-1;1-2-3/h5H,3-4H2,1-2H3;1-4H2;3H,2H2,1H3. The van der Waals surface area contributed by atoms with Crippen molar-refractivity contribution in [2.24, 2.45) is 0 Å². The maximum Gasteiger partial charge on any atom is 0.0466 e. The van der Waals surface area contributed by atoms with E-state index in [4.69, 9.17) is 9.84 Å². The molecule has 0 atom stereocenters. The Labute approximate surface area is 82.5 Å². The first-order valence-corrected chi connectivity index (χ1v) is 5.22. The minimum atomic E-state index is 0.250.